The van der Waals surface area contributed by atoms with Crippen molar-refractivity contribution >= 4 is 11.4 Å². The molecule has 84 valence electrons. The first-order chi connectivity index (χ1) is 7.65. The SMILES string of the molecule is CC#CCCNc1cc([N+](=O)[O-])ccc1C. The summed E-state index contributed by atoms with van der Waals surface area (Å²) in [6, 6.07) is 4.80. The van der Waals surface area contributed by atoms with E-state index in [1.165, 1.54) is 6.07 Å². The molecular formula is C12H14N2O2. The summed E-state index contributed by atoms with van der Waals surface area (Å²) in [6.07, 6.45) is 0.735. The van der Waals surface area contributed by atoms with Crippen LogP contribution in [0, 0.1) is 28.9 Å². The summed E-state index contributed by atoms with van der Waals surface area (Å²) in [5.74, 6) is 5.73. The van der Waals surface area contributed by atoms with Gasteiger partial charge in [-0.3, -0.25) is 10.1 Å². The van der Waals surface area contributed by atoms with Crippen molar-refractivity contribution in [2.24, 2.45) is 0 Å². The van der Waals surface area contributed by atoms with Gasteiger partial charge in [0.1, 0.15) is 0 Å². The number of non-ortho nitro benzene ring substituents is 1. The van der Waals surface area contributed by atoms with E-state index in [4.69, 9.17) is 0 Å². The molecule has 0 atom stereocenters. The minimum absolute atomic E-state index is 0.106. The molecule has 0 saturated carbocycles. The molecule has 0 fully saturated rings. The zero-order chi connectivity index (χ0) is 12.0. The van der Waals surface area contributed by atoms with E-state index in [0.29, 0.717) is 6.54 Å². The lowest BCUT2D eigenvalue weighted by molar-refractivity contribution is -0.384. The summed E-state index contributed by atoms with van der Waals surface area (Å²) < 4.78 is 0. The maximum Gasteiger partial charge on any atom is 0.271 e. The van der Waals surface area contributed by atoms with Crippen LogP contribution in [0.2, 0.25) is 0 Å². The van der Waals surface area contributed by atoms with Gasteiger partial charge >= 0.3 is 0 Å². The second-order valence-electron chi connectivity index (χ2n) is 3.36. The molecule has 0 spiro atoms. The van der Waals surface area contributed by atoms with E-state index >= 15 is 0 Å². The number of rotatable bonds is 4. The van der Waals surface area contributed by atoms with Gasteiger partial charge in [-0.05, 0) is 19.4 Å². The average molecular weight is 218 g/mol. The first kappa shape index (κ1) is 12.1. The van der Waals surface area contributed by atoms with Gasteiger partial charge in [-0.25, -0.2) is 0 Å². The predicted molar refractivity (Wildman–Crippen MR) is 64.4 cm³/mol. The molecule has 0 aliphatic rings. The van der Waals surface area contributed by atoms with Crippen molar-refractivity contribution in [2.75, 3.05) is 11.9 Å². The van der Waals surface area contributed by atoms with Crippen LogP contribution in [0.25, 0.3) is 0 Å². The monoisotopic (exact) mass is 218 g/mol. The molecule has 0 heterocycles. The quantitative estimate of drug-likeness (QED) is 0.366. The van der Waals surface area contributed by atoms with Gasteiger partial charge in [-0.15, -0.1) is 11.8 Å². The molecule has 1 aromatic rings. The number of hydrogen-bond donors (Lipinski definition) is 1. The first-order valence-electron chi connectivity index (χ1n) is 5.03. The van der Waals surface area contributed by atoms with Gasteiger partial charge in [0.25, 0.3) is 5.69 Å². The van der Waals surface area contributed by atoms with Crippen LogP contribution in [0.15, 0.2) is 18.2 Å². The van der Waals surface area contributed by atoms with E-state index in [1.54, 1.807) is 19.1 Å². The van der Waals surface area contributed by atoms with Gasteiger partial charge in [0.05, 0.1) is 4.92 Å². The number of hydrogen-bond acceptors (Lipinski definition) is 3. The lowest BCUT2D eigenvalue weighted by atomic mass is 10.2. The fourth-order valence-electron chi connectivity index (χ4n) is 1.30. The number of anilines is 1. The van der Waals surface area contributed by atoms with E-state index in [2.05, 4.69) is 17.2 Å². The smallest absolute Gasteiger partial charge is 0.271 e. The van der Waals surface area contributed by atoms with Crippen molar-refractivity contribution in [3.63, 3.8) is 0 Å². The van der Waals surface area contributed by atoms with Crippen LogP contribution >= 0.6 is 0 Å². The third-order valence-electron chi connectivity index (χ3n) is 2.17. The molecule has 1 aromatic carbocycles. The Morgan fingerprint density at radius 1 is 1.50 bits per heavy atom. The highest BCUT2D eigenvalue weighted by Crippen LogP contribution is 2.21. The third-order valence-corrected chi connectivity index (χ3v) is 2.17. The third kappa shape index (κ3) is 3.28. The first-order valence-corrected chi connectivity index (χ1v) is 5.03. The van der Waals surface area contributed by atoms with Crippen LogP contribution in [0.1, 0.15) is 18.9 Å². The Bertz CT molecular complexity index is 444. The fourth-order valence-corrected chi connectivity index (χ4v) is 1.30. The largest absolute Gasteiger partial charge is 0.384 e. The van der Waals surface area contributed by atoms with E-state index in [9.17, 15) is 10.1 Å². The average Bonchev–Trinajstić information content (AvgIpc) is 2.26. The van der Waals surface area contributed by atoms with Gasteiger partial charge in [-0.2, -0.15) is 0 Å². The minimum Gasteiger partial charge on any atom is -0.384 e. The second kappa shape index (κ2) is 5.76. The van der Waals surface area contributed by atoms with Gasteiger partial charge in [-0.1, -0.05) is 6.07 Å². The van der Waals surface area contributed by atoms with Gasteiger partial charge in [0.15, 0.2) is 0 Å². The summed E-state index contributed by atoms with van der Waals surface area (Å²) in [7, 11) is 0. The number of nitro groups is 1. The Hall–Kier alpha value is -2.02. The minimum atomic E-state index is -0.392. The number of nitrogens with zero attached hydrogens (tertiary/aromatic N) is 1. The number of aryl methyl sites for hydroxylation is 1. The van der Waals surface area contributed by atoms with Crippen molar-refractivity contribution < 1.29 is 4.92 Å². The molecule has 1 rings (SSSR count). The second-order valence-corrected chi connectivity index (χ2v) is 3.36. The van der Waals surface area contributed by atoms with Crippen LogP contribution in [0.4, 0.5) is 11.4 Å². The molecular weight excluding hydrogens is 204 g/mol. The molecule has 0 aliphatic carbocycles. The topological polar surface area (TPSA) is 55.2 Å². The number of benzene rings is 1. The molecule has 0 radical (unpaired) electrons. The number of nitrogens with one attached hydrogen (secondary N) is 1. The maximum absolute atomic E-state index is 10.6. The van der Waals surface area contributed by atoms with Gasteiger partial charge in [0.2, 0.25) is 0 Å². The predicted octanol–water partition coefficient (Wildman–Crippen LogP) is 2.73. The summed E-state index contributed by atoms with van der Waals surface area (Å²) in [5, 5.41) is 13.7. The lowest BCUT2D eigenvalue weighted by Crippen LogP contribution is -2.02. The maximum atomic E-state index is 10.6. The molecule has 16 heavy (non-hydrogen) atoms. The molecule has 0 aliphatic heterocycles. The molecule has 0 saturated heterocycles. The van der Waals surface area contributed by atoms with Gasteiger partial charge in [0, 0.05) is 30.8 Å². The van der Waals surface area contributed by atoms with Crippen LogP contribution in [-0.2, 0) is 0 Å². The highest BCUT2D eigenvalue weighted by atomic mass is 16.6. The fraction of sp³-hybridized carbons (Fsp3) is 0.333. The summed E-state index contributed by atoms with van der Waals surface area (Å²) >= 11 is 0. The van der Waals surface area contributed by atoms with E-state index in [-0.39, 0.29) is 5.69 Å². The van der Waals surface area contributed by atoms with E-state index in [0.717, 1.165) is 17.7 Å². The Kier molecular flexibility index (Phi) is 4.34. The van der Waals surface area contributed by atoms with Crippen LogP contribution in [0.5, 0.6) is 0 Å². The molecule has 0 amide bonds. The van der Waals surface area contributed by atoms with Crippen LogP contribution < -0.4 is 5.32 Å². The molecule has 1 N–H and O–H groups in total. The van der Waals surface area contributed by atoms with E-state index in [1.807, 2.05) is 6.92 Å². The normalized spacial score (nSPS) is 9.12. The Morgan fingerprint density at radius 2 is 2.25 bits per heavy atom. The Morgan fingerprint density at radius 3 is 2.88 bits per heavy atom. The summed E-state index contributed by atoms with van der Waals surface area (Å²) in [4.78, 5) is 10.2. The van der Waals surface area contributed by atoms with Crippen LogP contribution in [-0.4, -0.2) is 11.5 Å². The highest BCUT2D eigenvalue weighted by molar-refractivity contribution is 5.56. The lowest BCUT2D eigenvalue weighted by Gasteiger charge is -2.07. The Labute approximate surface area is 94.8 Å². The van der Waals surface area contributed by atoms with Crippen molar-refractivity contribution in [1.29, 1.82) is 0 Å². The zero-order valence-corrected chi connectivity index (χ0v) is 9.41. The van der Waals surface area contributed by atoms with Crippen molar-refractivity contribution in [2.45, 2.75) is 20.3 Å². The number of nitro benzene ring substituents is 1. The summed E-state index contributed by atoms with van der Waals surface area (Å²) in [6.45, 7) is 4.40. The molecule has 0 unspecified atom stereocenters. The van der Waals surface area contributed by atoms with Crippen molar-refractivity contribution in [3.05, 3.63) is 33.9 Å². The zero-order valence-electron chi connectivity index (χ0n) is 9.41. The van der Waals surface area contributed by atoms with Crippen LogP contribution in [0.3, 0.4) is 0 Å². The highest BCUT2D eigenvalue weighted by Gasteiger charge is 2.07. The summed E-state index contributed by atoms with van der Waals surface area (Å²) in [5.41, 5.74) is 1.90. The molecule has 4 nitrogen and oxygen atoms in total. The molecule has 4 heteroatoms. The molecule has 0 aromatic heterocycles. The standard InChI is InChI=1S/C12H14N2O2/c1-3-4-5-8-13-12-9-11(14(15)16)7-6-10(12)2/h6-7,9,13H,5,8H2,1-2H3. The van der Waals surface area contributed by atoms with E-state index < -0.39 is 4.92 Å². The van der Waals surface area contributed by atoms with Crippen molar-refractivity contribution in [3.8, 4) is 11.8 Å². The van der Waals surface area contributed by atoms with Crippen molar-refractivity contribution in [1.82, 2.24) is 0 Å². The molecule has 0 bridgehead atoms. The van der Waals surface area contributed by atoms with Gasteiger partial charge < -0.3 is 5.32 Å². The Balaban J connectivity index is 2.73.